The van der Waals surface area contributed by atoms with Gasteiger partial charge in [0.15, 0.2) is 0 Å². The van der Waals surface area contributed by atoms with Crippen LogP contribution in [-0.4, -0.2) is 67.2 Å². The second-order valence-corrected chi connectivity index (χ2v) is 5.23. The molecule has 0 saturated carbocycles. The van der Waals surface area contributed by atoms with Gasteiger partial charge in [0, 0.05) is 25.6 Å². The Kier molecular flexibility index (Phi) is 3.11. The highest BCUT2D eigenvalue weighted by Crippen LogP contribution is 2.21. The van der Waals surface area contributed by atoms with Crippen molar-refractivity contribution in [3.63, 3.8) is 0 Å². The van der Waals surface area contributed by atoms with Gasteiger partial charge >= 0.3 is 6.09 Å². The normalized spacial score (nSPS) is 29.1. The molecule has 2 amide bonds. The largest absolute Gasteiger partial charge is 0.447 e. The molecule has 3 aliphatic rings. The minimum absolute atomic E-state index is 0.0666. The Bertz CT molecular complexity index is 354. The van der Waals surface area contributed by atoms with Crippen LogP contribution in [0.15, 0.2) is 0 Å². The molecular formula is C12H19N3O3. The van der Waals surface area contributed by atoms with Gasteiger partial charge in [-0.1, -0.05) is 0 Å². The maximum atomic E-state index is 12.4. The fourth-order valence-electron chi connectivity index (χ4n) is 3.02. The lowest BCUT2D eigenvalue weighted by Gasteiger charge is -2.37. The van der Waals surface area contributed by atoms with E-state index in [2.05, 4.69) is 5.32 Å². The maximum absolute atomic E-state index is 12.4. The zero-order valence-corrected chi connectivity index (χ0v) is 10.4. The Balaban J connectivity index is 1.60. The van der Waals surface area contributed by atoms with Gasteiger partial charge in [-0.25, -0.2) is 4.79 Å². The molecular weight excluding hydrogens is 234 g/mol. The Morgan fingerprint density at radius 2 is 2.06 bits per heavy atom. The highest BCUT2D eigenvalue weighted by molar-refractivity contribution is 5.79. The third-order valence-electron chi connectivity index (χ3n) is 4.12. The van der Waals surface area contributed by atoms with Crippen LogP contribution in [0.2, 0.25) is 0 Å². The topological polar surface area (TPSA) is 61.9 Å². The number of ether oxygens (including phenoxy) is 1. The number of fused-ring (bicyclic) bond motifs is 1. The molecule has 0 unspecified atom stereocenters. The zero-order valence-electron chi connectivity index (χ0n) is 10.4. The number of piperidine rings is 1. The van der Waals surface area contributed by atoms with Crippen LogP contribution in [-0.2, 0) is 9.53 Å². The van der Waals surface area contributed by atoms with Crippen molar-refractivity contribution in [2.24, 2.45) is 5.92 Å². The molecule has 0 aliphatic carbocycles. The van der Waals surface area contributed by atoms with Gasteiger partial charge in [-0.3, -0.25) is 9.69 Å². The number of cyclic esters (lactones) is 1. The molecule has 3 rings (SSSR count). The van der Waals surface area contributed by atoms with Crippen LogP contribution in [0.5, 0.6) is 0 Å². The number of hydrogen-bond acceptors (Lipinski definition) is 4. The number of carbonyl (C=O) groups excluding carboxylic acids is 2. The zero-order chi connectivity index (χ0) is 12.5. The number of nitrogens with zero attached hydrogens (tertiary/aromatic N) is 2. The van der Waals surface area contributed by atoms with Crippen molar-refractivity contribution < 1.29 is 14.3 Å². The van der Waals surface area contributed by atoms with Gasteiger partial charge in [-0.15, -0.1) is 0 Å². The van der Waals surface area contributed by atoms with Crippen molar-refractivity contribution in [2.45, 2.75) is 18.9 Å². The summed E-state index contributed by atoms with van der Waals surface area (Å²) in [5.74, 6) is 0.423. The molecule has 0 aromatic carbocycles. The van der Waals surface area contributed by atoms with E-state index in [4.69, 9.17) is 4.74 Å². The van der Waals surface area contributed by atoms with E-state index >= 15 is 0 Å². The molecule has 3 heterocycles. The van der Waals surface area contributed by atoms with Crippen molar-refractivity contribution in [2.75, 3.05) is 39.3 Å². The number of hydrogen-bond donors (Lipinski definition) is 1. The first-order valence-corrected chi connectivity index (χ1v) is 6.68. The summed E-state index contributed by atoms with van der Waals surface area (Å²) in [7, 11) is 0. The summed E-state index contributed by atoms with van der Waals surface area (Å²) in [4.78, 5) is 27.4. The van der Waals surface area contributed by atoms with Crippen molar-refractivity contribution in [3.05, 3.63) is 0 Å². The summed E-state index contributed by atoms with van der Waals surface area (Å²) in [6.45, 7) is 4.18. The van der Waals surface area contributed by atoms with E-state index in [0.29, 0.717) is 26.2 Å². The number of piperazine rings is 1. The van der Waals surface area contributed by atoms with Crippen LogP contribution in [0.4, 0.5) is 4.79 Å². The predicted molar refractivity (Wildman–Crippen MR) is 64.0 cm³/mol. The third-order valence-corrected chi connectivity index (χ3v) is 4.12. The third kappa shape index (κ3) is 2.05. The average molecular weight is 253 g/mol. The standard InChI is InChI=1S/C12H19N3O3/c16-11(9-1-3-13-4-2-9)14-5-6-15-10(7-14)8-18-12(15)17/h9-10,13H,1-8H2/t10-/m1/s1. The quantitative estimate of drug-likeness (QED) is 0.694. The Hall–Kier alpha value is -1.30. The molecule has 0 bridgehead atoms. The summed E-state index contributed by atoms with van der Waals surface area (Å²) in [5.41, 5.74) is 0. The summed E-state index contributed by atoms with van der Waals surface area (Å²) in [6.07, 6.45) is 1.63. The fourth-order valence-corrected chi connectivity index (χ4v) is 3.02. The van der Waals surface area contributed by atoms with Gasteiger partial charge in [-0.05, 0) is 25.9 Å². The van der Waals surface area contributed by atoms with Crippen molar-refractivity contribution in [3.8, 4) is 0 Å². The minimum atomic E-state index is -0.228. The number of amides is 2. The van der Waals surface area contributed by atoms with Crippen LogP contribution >= 0.6 is 0 Å². The monoisotopic (exact) mass is 253 g/mol. The van der Waals surface area contributed by atoms with E-state index < -0.39 is 0 Å². The highest BCUT2D eigenvalue weighted by atomic mass is 16.6. The molecule has 3 saturated heterocycles. The number of nitrogens with one attached hydrogen (secondary N) is 1. The minimum Gasteiger partial charge on any atom is -0.447 e. The lowest BCUT2D eigenvalue weighted by Crippen LogP contribution is -2.55. The van der Waals surface area contributed by atoms with Crippen molar-refractivity contribution >= 4 is 12.0 Å². The lowest BCUT2D eigenvalue weighted by molar-refractivity contribution is -0.138. The molecule has 6 nitrogen and oxygen atoms in total. The van der Waals surface area contributed by atoms with Crippen LogP contribution in [0.25, 0.3) is 0 Å². The molecule has 3 aliphatic heterocycles. The molecule has 1 atom stereocenters. The van der Waals surface area contributed by atoms with E-state index in [-0.39, 0.29) is 24.0 Å². The van der Waals surface area contributed by atoms with Crippen LogP contribution in [0.3, 0.4) is 0 Å². The van der Waals surface area contributed by atoms with E-state index in [1.807, 2.05) is 4.90 Å². The van der Waals surface area contributed by atoms with Gasteiger partial charge in [-0.2, -0.15) is 0 Å². The summed E-state index contributed by atoms with van der Waals surface area (Å²) in [6, 6.07) is 0.0666. The molecule has 18 heavy (non-hydrogen) atoms. The Labute approximate surface area is 106 Å². The number of rotatable bonds is 1. The van der Waals surface area contributed by atoms with Gasteiger partial charge < -0.3 is 15.0 Å². The van der Waals surface area contributed by atoms with E-state index in [9.17, 15) is 9.59 Å². The molecule has 3 fully saturated rings. The summed E-state index contributed by atoms with van der Waals surface area (Å²) in [5, 5.41) is 3.27. The SMILES string of the molecule is O=C(C1CCNCC1)N1CCN2C(=O)OC[C@H]2C1. The molecule has 0 spiro atoms. The van der Waals surface area contributed by atoms with Gasteiger partial charge in [0.25, 0.3) is 0 Å². The van der Waals surface area contributed by atoms with Gasteiger partial charge in [0.05, 0.1) is 6.04 Å². The Morgan fingerprint density at radius 1 is 1.28 bits per heavy atom. The average Bonchev–Trinajstić information content (AvgIpc) is 2.80. The van der Waals surface area contributed by atoms with Gasteiger partial charge in [0.2, 0.25) is 5.91 Å². The first-order valence-electron chi connectivity index (χ1n) is 6.68. The number of carbonyl (C=O) groups is 2. The lowest BCUT2D eigenvalue weighted by atomic mass is 9.96. The molecule has 100 valence electrons. The summed E-state index contributed by atoms with van der Waals surface area (Å²) < 4.78 is 5.01. The highest BCUT2D eigenvalue weighted by Gasteiger charge is 2.39. The molecule has 6 heteroatoms. The molecule has 0 aromatic heterocycles. The Morgan fingerprint density at radius 3 is 2.83 bits per heavy atom. The van der Waals surface area contributed by atoms with E-state index in [1.54, 1.807) is 4.90 Å². The second kappa shape index (κ2) is 4.76. The van der Waals surface area contributed by atoms with Crippen LogP contribution in [0, 0.1) is 5.92 Å². The van der Waals surface area contributed by atoms with Gasteiger partial charge in [0.1, 0.15) is 6.61 Å². The predicted octanol–water partition coefficient (Wildman–Crippen LogP) is -0.351. The molecule has 0 radical (unpaired) electrons. The first-order chi connectivity index (χ1) is 8.75. The first kappa shape index (κ1) is 11.8. The summed E-state index contributed by atoms with van der Waals surface area (Å²) >= 11 is 0. The second-order valence-electron chi connectivity index (χ2n) is 5.23. The van der Waals surface area contributed by atoms with Crippen molar-refractivity contribution in [1.82, 2.24) is 15.1 Å². The maximum Gasteiger partial charge on any atom is 0.410 e. The van der Waals surface area contributed by atoms with Crippen LogP contribution < -0.4 is 5.32 Å². The van der Waals surface area contributed by atoms with Crippen molar-refractivity contribution in [1.29, 1.82) is 0 Å². The van der Waals surface area contributed by atoms with E-state index in [1.165, 1.54) is 0 Å². The molecule has 1 N–H and O–H groups in total. The fraction of sp³-hybridized carbons (Fsp3) is 0.833. The van der Waals surface area contributed by atoms with Crippen LogP contribution in [0.1, 0.15) is 12.8 Å². The smallest absolute Gasteiger partial charge is 0.410 e. The van der Waals surface area contributed by atoms with E-state index in [0.717, 1.165) is 25.9 Å². The molecule has 0 aromatic rings.